The first-order valence-corrected chi connectivity index (χ1v) is 7.71. The fraction of sp³-hybridized carbons (Fsp3) is 0.647. The van der Waals surface area contributed by atoms with Crippen LogP contribution in [0, 0.1) is 6.92 Å². The minimum atomic E-state index is -0.425. The lowest BCUT2D eigenvalue weighted by Crippen LogP contribution is -2.38. The Bertz CT molecular complexity index is 360. The van der Waals surface area contributed by atoms with Crippen LogP contribution in [0.4, 0.5) is 0 Å². The molecule has 0 spiro atoms. The van der Waals surface area contributed by atoms with E-state index in [4.69, 9.17) is 0 Å². The van der Waals surface area contributed by atoms with Gasteiger partial charge in [-0.3, -0.25) is 4.90 Å². The molecular weight excluding hydrogens is 250 g/mol. The van der Waals surface area contributed by atoms with Crippen LogP contribution in [0.15, 0.2) is 24.3 Å². The van der Waals surface area contributed by atoms with Gasteiger partial charge < -0.3 is 10.2 Å². The molecule has 1 aromatic rings. The van der Waals surface area contributed by atoms with Crippen molar-refractivity contribution in [1.29, 1.82) is 0 Å². The first-order chi connectivity index (χ1) is 9.62. The molecule has 0 fully saturated rings. The van der Waals surface area contributed by atoms with Crippen LogP contribution in [0.3, 0.4) is 0 Å². The maximum absolute atomic E-state index is 10.3. The van der Waals surface area contributed by atoms with Crippen LogP contribution in [-0.2, 0) is 0 Å². The zero-order valence-corrected chi connectivity index (χ0v) is 13.0. The van der Waals surface area contributed by atoms with E-state index in [0.29, 0.717) is 19.0 Å². The van der Waals surface area contributed by atoms with Crippen molar-refractivity contribution >= 4 is 0 Å². The average Bonchev–Trinajstić information content (AvgIpc) is 2.46. The van der Waals surface area contributed by atoms with Crippen molar-refractivity contribution in [3.8, 4) is 0 Å². The molecule has 0 heterocycles. The molecular formula is C17H29NO2. The van der Waals surface area contributed by atoms with Gasteiger partial charge >= 0.3 is 0 Å². The summed E-state index contributed by atoms with van der Waals surface area (Å²) >= 11 is 0. The third kappa shape index (κ3) is 5.23. The van der Waals surface area contributed by atoms with E-state index >= 15 is 0 Å². The molecule has 0 amide bonds. The zero-order chi connectivity index (χ0) is 15.0. The van der Waals surface area contributed by atoms with Crippen molar-refractivity contribution in [2.45, 2.75) is 52.2 Å². The molecule has 114 valence electrons. The van der Waals surface area contributed by atoms with Gasteiger partial charge in [0.1, 0.15) is 0 Å². The van der Waals surface area contributed by atoms with Gasteiger partial charge in [-0.15, -0.1) is 0 Å². The van der Waals surface area contributed by atoms with Crippen LogP contribution in [-0.4, -0.2) is 40.9 Å². The number of benzene rings is 1. The highest BCUT2D eigenvalue weighted by atomic mass is 16.3. The minimum Gasteiger partial charge on any atom is -0.395 e. The summed E-state index contributed by atoms with van der Waals surface area (Å²) in [5, 5.41) is 19.5. The van der Waals surface area contributed by atoms with Crippen molar-refractivity contribution in [2.24, 2.45) is 0 Å². The third-order valence-electron chi connectivity index (χ3n) is 4.00. The molecule has 1 aromatic carbocycles. The quantitative estimate of drug-likeness (QED) is 0.730. The van der Waals surface area contributed by atoms with E-state index in [9.17, 15) is 10.2 Å². The lowest BCUT2D eigenvalue weighted by molar-refractivity contribution is 0.104. The SMILES string of the molecule is CCC(CC)N(CCO)CCC(O)c1ccc(C)cc1. The van der Waals surface area contributed by atoms with Gasteiger partial charge in [0.25, 0.3) is 0 Å². The van der Waals surface area contributed by atoms with Gasteiger partial charge in [0.05, 0.1) is 12.7 Å². The summed E-state index contributed by atoms with van der Waals surface area (Å²) < 4.78 is 0. The van der Waals surface area contributed by atoms with Gasteiger partial charge in [-0.25, -0.2) is 0 Å². The summed E-state index contributed by atoms with van der Waals surface area (Å²) in [5.41, 5.74) is 2.18. The van der Waals surface area contributed by atoms with Crippen molar-refractivity contribution in [2.75, 3.05) is 19.7 Å². The molecule has 1 atom stereocenters. The summed E-state index contributed by atoms with van der Waals surface area (Å²) in [6, 6.07) is 8.55. The van der Waals surface area contributed by atoms with E-state index in [1.807, 2.05) is 31.2 Å². The summed E-state index contributed by atoms with van der Waals surface area (Å²) in [5.74, 6) is 0. The van der Waals surface area contributed by atoms with Gasteiger partial charge in [-0.1, -0.05) is 43.7 Å². The number of rotatable bonds is 9. The Labute approximate surface area is 123 Å². The largest absolute Gasteiger partial charge is 0.395 e. The Morgan fingerprint density at radius 1 is 1.05 bits per heavy atom. The predicted molar refractivity (Wildman–Crippen MR) is 83.8 cm³/mol. The van der Waals surface area contributed by atoms with Crippen molar-refractivity contribution in [3.63, 3.8) is 0 Å². The zero-order valence-electron chi connectivity index (χ0n) is 13.0. The van der Waals surface area contributed by atoms with Gasteiger partial charge in [0, 0.05) is 19.1 Å². The minimum absolute atomic E-state index is 0.178. The molecule has 0 saturated carbocycles. The monoisotopic (exact) mass is 279 g/mol. The number of aryl methyl sites for hydroxylation is 1. The summed E-state index contributed by atoms with van der Waals surface area (Å²) in [4.78, 5) is 2.29. The molecule has 0 aliphatic rings. The van der Waals surface area contributed by atoms with E-state index in [2.05, 4.69) is 18.7 Å². The first-order valence-electron chi connectivity index (χ1n) is 7.71. The second-order valence-electron chi connectivity index (χ2n) is 5.45. The molecule has 0 radical (unpaired) electrons. The summed E-state index contributed by atoms with van der Waals surface area (Å²) in [7, 11) is 0. The van der Waals surface area contributed by atoms with E-state index in [1.165, 1.54) is 5.56 Å². The normalized spacial score (nSPS) is 13.2. The standard InChI is InChI=1S/C17H29NO2/c1-4-16(5-2)18(12-13-19)11-10-17(20)15-8-6-14(3)7-9-15/h6-9,16-17,19-20H,4-5,10-13H2,1-3H3. The van der Waals surface area contributed by atoms with Crippen molar-refractivity contribution < 1.29 is 10.2 Å². The van der Waals surface area contributed by atoms with Gasteiger partial charge in [-0.05, 0) is 31.7 Å². The van der Waals surface area contributed by atoms with Crippen LogP contribution in [0.25, 0.3) is 0 Å². The van der Waals surface area contributed by atoms with E-state index in [1.54, 1.807) is 0 Å². The smallest absolute Gasteiger partial charge is 0.0802 e. The summed E-state index contributed by atoms with van der Waals surface area (Å²) in [6.07, 6.45) is 2.44. The van der Waals surface area contributed by atoms with E-state index in [0.717, 1.165) is 24.9 Å². The lowest BCUT2D eigenvalue weighted by atomic mass is 10.0. The first kappa shape index (κ1) is 17.2. The fourth-order valence-electron chi connectivity index (χ4n) is 2.65. The van der Waals surface area contributed by atoms with Gasteiger partial charge in [0.15, 0.2) is 0 Å². The third-order valence-corrected chi connectivity index (χ3v) is 4.00. The molecule has 1 unspecified atom stereocenters. The summed E-state index contributed by atoms with van der Waals surface area (Å²) in [6.45, 7) is 8.09. The van der Waals surface area contributed by atoms with E-state index < -0.39 is 6.10 Å². The highest BCUT2D eigenvalue weighted by Crippen LogP contribution is 2.19. The number of hydrogen-bond donors (Lipinski definition) is 2. The van der Waals surface area contributed by atoms with Crippen LogP contribution in [0.5, 0.6) is 0 Å². The van der Waals surface area contributed by atoms with Crippen molar-refractivity contribution in [1.82, 2.24) is 4.90 Å². The molecule has 0 bridgehead atoms. The Hall–Kier alpha value is -0.900. The average molecular weight is 279 g/mol. The molecule has 0 aromatic heterocycles. The Balaban J connectivity index is 2.55. The predicted octanol–water partition coefficient (Wildman–Crippen LogP) is 2.90. The molecule has 0 aliphatic heterocycles. The molecule has 1 rings (SSSR count). The molecule has 2 N–H and O–H groups in total. The van der Waals surface area contributed by atoms with Gasteiger partial charge in [0.2, 0.25) is 0 Å². The highest BCUT2D eigenvalue weighted by Gasteiger charge is 2.16. The topological polar surface area (TPSA) is 43.7 Å². The molecule has 3 heteroatoms. The lowest BCUT2D eigenvalue weighted by Gasteiger charge is -2.30. The van der Waals surface area contributed by atoms with Crippen LogP contribution in [0.2, 0.25) is 0 Å². The maximum Gasteiger partial charge on any atom is 0.0802 e. The van der Waals surface area contributed by atoms with Crippen molar-refractivity contribution in [3.05, 3.63) is 35.4 Å². The number of nitrogens with zero attached hydrogens (tertiary/aromatic N) is 1. The second-order valence-corrected chi connectivity index (χ2v) is 5.45. The van der Waals surface area contributed by atoms with Gasteiger partial charge in [-0.2, -0.15) is 0 Å². The Morgan fingerprint density at radius 3 is 2.15 bits per heavy atom. The highest BCUT2D eigenvalue weighted by molar-refractivity contribution is 5.23. The Morgan fingerprint density at radius 2 is 1.65 bits per heavy atom. The maximum atomic E-state index is 10.3. The molecule has 20 heavy (non-hydrogen) atoms. The molecule has 0 aliphatic carbocycles. The van der Waals surface area contributed by atoms with Crippen LogP contribution in [0.1, 0.15) is 50.3 Å². The fourth-order valence-corrected chi connectivity index (χ4v) is 2.65. The molecule has 0 saturated heterocycles. The van der Waals surface area contributed by atoms with E-state index in [-0.39, 0.29) is 6.61 Å². The molecule has 3 nitrogen and oxygen atoms in total. The Kier molecular flexibility index (Phi) is 7.82. The second kappa shape index (κ2) is 9.11. The number of aliphatic hydroxyl groups excluding tert-OH is 2. The number of hydrogen-bond acceptors (Lipinski definition) is 3. The van der Waals surface area contributed by atoms with Crippen LogP contribution >= 0.6 is 0 Å². The number of aliphatic hydroxyl groups is 2. The van der Waals surface area contributed by atoms with Crippen LogP contribution < -0.4 is 0 Å².